The number of aliphatic hydroxyl groups excluding tert-OH is 1. The molecule has 2 fully saturated rings. The molecule has 2 N–H and O–H groups in total. The van der Waals surface area contributed by atoms with Gasteiger partial charge in [-0.1, -0.05) is 0 Å². The van der Waals surface area contributed by atoms with Crippen molar-refractivity contribution in [3.63, 3.8) is 0 Å². The van der Waals surface area contributed by atoms with Gasteiger partial charge < -0.3 is 10.4 Å². The van der Waals surface area contributed by atoms with Crippen molar-refractivity contribution in [3.8, 4) is 0 Å². The smallest absolute Gasteiger partial charge is 0.226 e. The molecule has 0 spiro atoms. The largest absolute Gasteiger partial charge is 0.389 e. The highest BCUT2D eigenvalue weighted by atomic mass is 32.1. The van der Waals surface area contributed by atoms with Crippen molar-refractivity contribution >= 4 is 17.2 Å². The third kappa shape index (κ3) is 3.44. The minimum atomic E-state index is -0.441. The summed E-state index contributed by atoms with van der Waals surface area (Å²) < 4.78 is 0. The summed E-state index contributed by atoms with van der Waals surface area (Å²) in [5, 5.41) is 16.4. The molecular formula is C15H23N3O2S. The predicted octanol–water partition coefficient (Wildman–Crippen LogP) is 1.10. The number of hydrogen-bond acceptors (Lipinski definition) is 5. The van der Waals surface area contributed by atoms with E-state index in [-0.39, 0.29) is 18.0 Å². The molecule has 0 aromatic carbocycles. The summed E-state index contributed by atoms with van der Waals surface area (Å²) in [5.74, 6) is -0.0357. The first-order valence-electron chi connectivity index (χ1n) is 7.76. The van der Waals surface area contributed by atoms with Gasteiger partial charge in [-0.05, 0) is 45.7 Å². The summed E-state index contributed by atoms with van der Waals surface area (Å²) in [5.41, 5.74) is 0.818. The van der Waals surface area contributed by atoms with Gasteiger partial charge in [0.1, 0.15) is 0 Å². The molecule has 2 aliphatic rings. The molecule has 0 unspecified atom stereocenters. The van der Waals surface area contributed by atoms with E-state index in [4.69, 9.17) is 0 Å². The first kappa shape index (κ1) is 14.9. The number of hydrogen-bond donors (Lipinski definition) is 2. The van der Waals surface area contributed by atoms with Gasteiger partial charge in [-0.25, -0.2) is 4.98 Å². The number of aromatic nitrogens is 1. The fourth-order valence-corrected chi connectivity index (χ4v) is 4.11. The molecule has 1 saturated heterocycles. The third-order valence-corrected chi connectivity index (χ3v) is 5.37. The molecule has 1 aliphatic heterocycles. The summed E-state index contributed by atoms with van der Waals surface area (Å²) in [7, 11) is 0. The second-order valence-corrected chi connectivity index (χ2v) is 7.15. The van der Waals surface area contributed by atoms with E-state index in [2.05, 4.69) is 15.2 Å². The van der Waals surface area contributed by atoms with Crippen LogP contribution >= 0.6 is 11.3 Å². The van der Waals surface area contributed by atoms with Gasteiger partial charge in [0.05, 0.1) is 29.3 Å². The van der Waals surface area contributed by atoms with Crippen LogP contribution in [0, 0.1) is 6.92 Å². The quantitative estimate of drug-likeness (QED) is 0.874. The zero-order chi connectivity index (χ0) is 14.8. The highest BCUT2D eigenvalue weighted by Gasteiger charge is 2.39. The summed E-state index contributed by atoms with van der Waals surface area (Å²) in [6, 6.07) is 0.113. The van der Waals surface area contributed by atoms with Gasteiger partial charge in [0.25, 0.3) is 0 Å². The third-order valence-electron chi connectivity index (χ3n) is 4.54. The summed E-state index contributed by atoms with van der Waals surface area (Å²) in [4.78, 5) is 18.8. The van der Waals surface area contributed by atoms with Crippen molar-refractivity contribution < 1.29 is 9.90 Å². The van der Waals surface area contributed by atoms with E-state index < -0.39 is 6.10 Å². The number of nitrogens with one attached hydrogen (secondary N) is 1. The zero-order valence-corrected chi connectivity index (χ0v) is 13.2. The van der Waals surface area contributed by atoms with Crippen LogP contribution in [0.5, 0.6) is 0 Å². The Labute approximate surface area is 129 Å². The Morgan fingerprint density at radius 2 is 2.24 bits per heavy atom. The van der Waals surface area contributed by atoms with Crippen LogP contribution in [0.1, 0.15) is 36.4 Å². The maximum Gasteiger partial charge on any atom is 0.226 e. The van der Waals surface area contributed by atoms with E-state index in [1.54, 1.807) is 11.3 Å². The zero-order valence-electron chi connectivity index (χ0n) is 12.4. The SMILES string of the molecule is Cc1nc(CC(=O)N[C@@H]2CC[C@@H](N3CCCC3)[C@@H]2O)cs1. The average molecular weight is 309 g/mol. The van der Waals surface area contributed by atoms with E-state index in [0.29, 0.717) is 6.42 Å². The Hall–Kier alpha value is -0.980. The molecule has 21 heavy (non-hydrogen) atoms. The van der Waals surface area contributed by atoms with Crippen LogP contribution < -0.4 is 5.32 Å². The Morgan fingerprint density at radius 1 is 1.48 bits per heavy atom. The van der Waals surface area contributed by atoms with Gasteiger partial charge in [-0.2, -0.15) is 0 Å². The van der Waals surface area contributed by atoms with Crippen molar-refractivity contribution in [2.75, 3.05) is 13.1 Å². The van der Waals surface area contributed by atoms with Crippen molar-refractivity contribution in [2.45, 2.75) is 57.2 Å². The number of amides is 1. The van der Waals surface area contributed by atoms with E-state index >= 15 is 0 Å². The minimum absolute atomic E-state index is 0.0357. The maximum atomic E-state index is 12.1. The first-order valence-corrected chi connectivity index (χ1v) is 8.64. The van der Waals surface area contributed by atoms with Crippen LogP contribution in [0.25, 0.3) is 0 Å². The first-order chi connectivity index (χ1) is 10.1. The normalized spacial score (nSPS) is 29.9. The summed E-state index contributed by atoms with van der Waals surface area (Å²) >= 11 is 1.56. The van der Waals surface area contributed by atoms with E-state index in [0.717, 1.165) is 36.6 Å². The number of likely N-dealkylation sites (tertiary alicyclic amines) is 1. The molecule has 1 aromatic rings. The molecule has 1 amide bonds. The van der Waals surface area contributed by atoms with Crippen LogP contribution in [0.15, 0.2) is 5.38 Å². The molecule has 6 heteroatoms. The van der Waals surface area contributed by atoms with Crippen molar-refractivity contribution in [1.29, 1.82) is 0 Å². The number of rotatable bonds is 4. The summed E-state index contributed by atoms with van der Waals surface area (Å²) in [6.45, 7) is 4.11. The van der Waals surface area contributed by atoms with E-state index in [1.807, 2.05) is 12.3 Å². The highest BCUT2D eigenvalue weighted by Crippen LogP contribution is 2.27. The predicted molar refractivity (Wildman–Crippen MR) is 82.3 cm³/mol. The lowest BCUT2D eigenvalue weighted by molar-refractivity contribution is -0.122. The second-order valence-electron chi connectivity index (χ2n) is 6.09. The fourth-order valence-electron chi connectivity index (χ4n) is 3.50. The fraction of sp³-hybridized carbons (Fsp3) is 0.733. The standard InChI is InChI=1S/C15H23N3O2S/c1-10-16-11(9-21-10)8-14(19)17-12-4-5-13(15(12)20)18-6-2-3-7-18/h9,12-13,15,20H,2-8H2,1H3,(H,17,19)/t12-,13-,15-/m1/s1. The van der Waals surface area contributed by atoms with Crippen molar-refractivity contribution in [3.05, 3.63) is 16.1 Å². The Bertz CT molecular complexity index is 499. The van der Waals surface area contributed by atoms with E-state index in [9.17, 15) is 9.90 Å². The molecule has 5 nitrogen and oxygen atoms in total. The Kier molecular flexibility index (Phi) is 4.57. The minimum Gasteiger partial charge on any atom is -0.389 e. The average Bonchev–Trinajstić information content (AvgIpc) is 3.14. The topological polar surface area (TPSA) is 65.5 Å². The van der Waals surface area contributed by atoms with Crippen LogP contribution in [0.3, 0.4) is 0 Å². The molecule has 0 radical (unpaired) electrons. The molecular weight excluding hydrogens is 286 g/mol. The van der Waals surface area contributed by atoms with Gasteiger partial charge in [0.15, 0.2) is 0 Å². The van der Waals surface area contributed by atoms with Crippen molar-refractivity contribution in [2.24, 2.45) is 0 Å². The molecule has 1 aliphatic carbocycles. The number of thiazole rings is 1. The number of nitrogens with zero attached hydrogens (tertiary/aromatic N) is 2. The van der Waals surface area contributed by atoms with Gasteiger partial charge >= 0.3 is 0 Å². The molecule has 116 valence electrons. The molecule has 3 atom stereocenters. The van der Waals surface area contributed by atoms with Crippen LogP contribution in [-0.2, 0) is 11.2 Å². The number of aryl methyl sites for hydroxylation is 1. The van der Waals surface area contributed by atoms with Crippen molar-refractivity contribution in [1.82, 2.24) is 15.2 Å². The monoisotopic (exact) mass is 309 g/mol. The highest BCUT2D eigenvalue weighted by molar-refractivity contribution is 7.09. The lowest BCUT2D eigenvalue weighted by Crippen LogP contribution is -2.48. The maximum absolute atomic E-state index is 12.1. The summed E-state index contributed by atoms with van der Waals surface area (Å²) in [6.07, 6.45) is 4.16. The van der Waals surface area contributed by atoms with Gasteiger partial charge in [-0.15, -0.1) is 11.3 Å². The molecule has 1 aromatic heterocycles. The Balaban J connectivity index is 1.52. The molecule has 1 saturated carbocycles. The molecule has 2 heterocycles. The number of aliphatic hydroxyl groups is 1. The van der Waals surface area contributed by atoms with Gasteiger partial charge in [0.2, 0.25) is 5.91 Å². The molecule has 3 rings (SSSR count). The van der Waals surface area contributed by atoms with E-state index in [1.165, 1.54) is 12.8 Å². The van der Waals surface area contributed by atoms with Crippen LogP contribution in [0.4, 0.5) is 0 Å². The van der Waals surface area contributed by atoms with Gasteiger partial charge in [0, 0.05) is 11.4 Å². The van der Waals surface area contributed by atoms with Crippen LogP contribution in [-0.4, -0.2) is 52.2 Å². The van der Waals surface area contributed by atoms with Crippen LogP contribution in [0.2, 0.25) is 0 Å². The van der Waals surface area contributed by atoms with Gasteiger partial charge in [-0.3, -0.25) is 9.69 Å². The molecule has 0 bridgehead atoms. The number of carbonyl (C=O) groups excluding carboxylic acids is 1. The Morgan fingerprint density at radius 3 is 2.90 bits per heavy atom. The number of carbonyl (C=O) groups is 1. The lowest BCUT2D eigenvalue weighted by atomic mass is 10.1. The lowest BCUT2D eigenvalue weighted by Gasteiger charge is -2.28. The second kappa shape index (κ2) is 6.42.